The minimum Gasteiger partial charge on any atom is -0.354 e. The van der Waals surface area contributed by atoms with E-state index in [9.17, 15) is 9.59 Å². The van der Waals surface area contributed by atoms with E-state index in [0.29, 0.717) is 12.5 Å². The molecule has 0 aromatic rings. The number of hydrogen-bond acceptors (Lipinski definition) is 3. The summed E-state index contributed by atoms with van der Waals surface area (Å²) in [6.07, 6.45) is 3.82. The zero-order valence-electron chi connectivity index (χ0n) is 12.2. The van der Waals surface area contributed by atoms with Gasteiger partial charge in [-0.3, -0.25) is 9.59 Å². The molecule has 1 aliphatic carbocycles. The van der Waals surface area contributed by atoms with Gasteiger partial charge < -0.3 is 16.4 Å². The highest BCUT2D eigenvalue weighted by molar-refractivity contribution is 5.88. The first-order valence-corrected chi connectivity index (χ1v) is 7.31. The Labute approximate surface area is 115 Å². The molecule has 1 rings (SSSR count). The van der Waals surface area contributed by atoms with Gasteiger partial charge >= 0.3 is 0 Å². The third-order valence-electron chi connectivity index (χ3n) is 3.93. The second-order valence-electron chi connectivity index (χ2n) is 5.61. The van der Waals surface area contributed by atoms with Crippen LogP contribution in [0.4, 0.5) is 0 Å². The Hall–Kier alpha value is -1.10. The highest BCUT2D eigenvalue weighted by Gasteiger charge is 2.33. The van der Waals surface area contributed by atoms with Gasteiger partial charge in [0.1, 0.15) is 6.04 Å². The Morgan fingerprint density at radius 2 is 2.05 bits per heavy atom. The van der Waals surface area contributed by atoms with Crippen molar-refractivity contribution in [2.45, 2.75) is 58.5 Å². The second kappa shape index (κ2) is 7.48. The van der Waals surface area contributed by atoms with Gasteiger partial charge in [0.25, 0.3) is 0 Å². The van der Waals surface area contributed by atoms with E-state index >= 15 is 0 Å². The van der Waals surface area contributed by atoms with Crippen molar-refractivity contribution in [2.75, 3.05) is 6.54 Å². The van der Waals surface area contributed by atoms with Crippen LogP contribution >= 0.6 is 0 Å². The number of nitrogens with one attached hydrogen (secondary N) is 2. The monoisotopic (exact) mass is 269 g/mol. The fourth-order valence-electron chi connectivity index (χ4n) is 2.53. The molecular weight excluding hydrogens is 242 g/mol. The van der Waals surface area contributed by atoms with Crippen LogP contribution in [0.5, 0.6) is 0 Å². The first-order chi connectivity index (χ1) is 8.97. The number of rotatable bonds is 5. The summed E-state index contributed by atoms with van der Waals surface area (Å²) in [6.45, 7) is 6.42. The summed E-state index contributed by atoms with van der Waals surface area (Å²) in [5.41, 5.74) is 6.09. The van der Waals surface area contributed by atoms with Crippen molar-refractivity contribution in [1.82, 2.24) is 10.6 Å². The molecule has 5 heteroatoms. The van der Waals surface area contributed by atoms with Crippen molar-refractivity contribution < 1.29 is 9.59 Å². The predicted octanol–water partition coefficient (Wildman–Crippen LogP) is 0.781. The summed E-state index contributed by atoms with van der Waals surface area (Å²) in [6, 6.07) is -0.594. The fourth-order valence-corrected chi connectivity index (χ4v) is 2.53. The van der Waals surface area contributed by atoms with Gasteiger partial charge in [0.15, 0.2) is 0 Å². The molecule has 0 spiro atoms. The lowest BCUT2D eigenvalue weighted by Crippen LogP contribution is -2.52. The van der Waals surface area contributed by atoms with Crippen LogP contribution in [0.2, 0.25) is 0 Å². The van der Waals surface area contributed by atoms with Crippen LogP contribution in [0, 0.1) is 11.8 Å². The van der Waals surface area contributed by atoms with Crippen LogP contribution < -0.4 is 16.4 Å². The summed E-state index contributed by atoms with van der Waals surface area (Å²) in [4.78, 5) is 23.9. The molecule has 5 nitrogen and oxygen atoms in total. The van der Waals surface area contributed by atoms with Crippen molar-refractivity contribution in [3.05, 3.63) is 0 Å². The molecule has 0 bridgehead atoms. The molecule has 110 valence electrons. The van der Waals surface area contributed by atoms with Crippen LogP contribution in [0.3, 0.4) is 0 Å². The molecule has 1 fully saturated rings. The Kier molecular flexibility index (Phi) is 6.28. The van der Waals surface area contributed by atoms with E-state index < -0.39 is 6.04 Å². The van der Waals surface area contributed by atoms with Gasteiger partial charge in [-0.05, 0) is 32.1 Å². The molecule has 0 aliphatic heterocycles. The van der Waals surface area contributed by atoms with Crippen molar-refractivity contribution in [2.24, 2.45) is 17.6 Å². The van der Waals surface area contributed by atoms with Gasteiger partial charge in [-0.2, -0.15) is 0 Å². The molecule has 4 unspecified atom stereocenters. The van der Waals surface area contributed by atoms with E-state index in [-0.39, 0.29) is 23.8 Å². The average molecular weight is 269 g/mol. The Bertz CT molecular complexity index is 320. The zero-order chi connectivity index (χ0) is 14.4. The highest BCUT2D eigenvalue weighted by Crippen LogP contribution is 2.27. The van der Waals surface area contributed by atoms with Crippen LogP contribution in [-0.2, 0) is 9.59 Å². The molecule has 4 atom stereocenters. The quantitative estimate of drug-likeness (QED) is 0.689. The van der Waals surface area contributed by atoms with E-state index in [0.717, 1.165) is 25.7 Å². The Morgan fingerprint density at radius 1 is 1.37 bits per heavy atom. The molecular formula is C14H27N3O2. The topological polar surface area (TPSA) is 84.2 Å². The van der Waals surface area contributed by atoms with E-state index in [1.807, 2.05) is 6.92 Å². The molecule has 0 saturated heterocycles. The van der Waals surface area contributed by atoms with Gasteiger partial charge in [0, 0.05) is 12.6 Å². The van der Waals surface area contributed by atoms with E-state index in [1.54, 1.807) is 6.92 Å². The largest absolute Gasteiger partial charge is 0.354 e. The number of carbonyl (C=O) groups excluding carboxylic acids is 2. The summed E-state index contributed by atoms with van der Waals surface area (Å²) in [5, 5.41) is 5.55. The zero-order valence-corrected chi connectivity index (χ0v) is 12.2. The molecule has 0 radical (unpaired) electrons. The van der Waals surface area contributed by atoms with Gasteiger partial charge in [-0.1, -0.05) is 20.3 Å². The predicted molar refractivity (Wildman–Crippen MR) is 75.4 cm³/mol. The van der Waals surface area contributed by atoms with Crippen LogP contribution in [0.25, 0.3) is 0 Å². The third-order valence-corrected chi connectivity index (χ3v) is 3.93. The minimum absolute atomic E-state index is 0.0850. The first kappa shape index (κ1) is 16.0. The highest BCUT2D eigenvalue weighted by atomic mass is 16.2. The number of amides is 2. The summed E-state index contributed by atoms with van der Waals surface area (Å²) in [7, 11) is 0. The van der Waals surface area contributed by atoms with Crippen molar-refractivity contribution in [3.63, 3.8) is 0 Å². The van der Waals surface area contributed by atoms with Gasteiger partial charge in [0.2, 0.25) is 11.8 Å². The molecule has 1 aliphatic rings. The standard InChI is InChI=1S/C14H27N3O2/c1-4-8-16-13(18)10(3)17-14(19)11-7-5-6-9(2)12(11)15/h9-12H,4-8,15H2,1-3H3,(H,16,18)(H,17,19). The smallest absolute Gasteiger partial charge is 0.242 e. The molecule has 4 N–H and O–H groups in total. The lowest BCUT2D eigenvalue weighted by molar-refractivity contribution is -0.132. The van der Waals surface area contributed by atoms with Crippen molar-refractivity contribution in [1.29, 1.82) is 0 Å². The molecule has 19 heavy (non-hydrogen) atoms. The van der Waals surface area contributed by atoms with E-state index in [1.165, 1.54) is 0 Å². The number of carbonyl (C=O) groups is 2. The van der Waals surface area contributed by atoms with Crippen molar-refractivity contribution in [3.8, 4) is 0 Å². The van der Waals surface area contributed by atoms with Gasteiger partial charge in [0.05, 0.1) is 5.92 Å². The number of nitrogens with two attached hydrogens (primary N) is 1. The molecule has 0 aromatic heterocycles. The Balaban J connectivity index is 2.47. The third kappa shape index (κ3) is 4.49. The Morgan fingerprint density at radius 3 is 2.68 bits per heavy atom. The maximum atomic E-state index is 12.2. The normalized spacial score (nSPS) is 28.5. The van der Waals surface area contributed by atoms with Gasteiger partial charge in [-0.25, -0.2) is 0 Å². The molecule has 1 saturated carbocycles. The second-order valence-corrected chi connectivity index (χ2v) is 5.61. The summed E-state index contributed by atoms with van der Waals surface area (Å²) < 4.78 is 0. The van der Waals surface area contributed by atoms with Crippen molar-refractivity contribution >= 4 is 11.8 Å². The maximum Gasteiger partial charge on any atom is 0.242 e. The van der Waals surface area contributed by atoms with Crippen LogP contribution in [-0.4, -0.2) is 30.4 Å². The van der Waals surface area contributed by atoms with E-state index in [4.69, 9.17) is 5.73 Å². The summed E-state index contributed by atoms with van der Waals surface area (Å²) in [5.74, 6) is -0.00951. The lowest BCUT2D eigenvalue weighted by Gasteiger charge is -2.33. The fraction of sp³-hybridized carbons (Fsp3) is 0.857. The first-order valence-electron chi connectivity index (χ1n) is 7.31. The molecule has 2 amide bonds. The summed E-state index contributed by atoms with van der Waals surface area (Å²) >= 11 is 0. The molecule has 0 heterocycles. The van der Waals surface area contributed by atoms with Gasteiger partial charge in [-0.15, -0.1) is 0 Å². The van der Waals surface area contributed by atoms with E-state index in [2.05, 4.69) is 17.6 Å². The van der Waals surface area contributed by atoms with Crippen LogP contribution in [0.1, 0.15) is 46.5 Å². The SMILES string of the molecule is CCCNC(=O)C(C)NC(=O)C1CCCC(C)C1N. The average Bonchev–Trinajstić information content (AvgIpc) is 2.38. The van der Waals surface area contributed by atoms with Crippen LogP contribution in [0.15, 0.2) is 0 Å². The molecule has 0 aromatic carbocycles. The lowest BCUT2D eigenvalue weighted by atomic mass is 9.78. The number of hydrogen-bond donors (Lipinski definition) is 3. The maximum absolute atomic E-state index is 12.2. The minimum atomic E-state index is -0.497.